The fourth-order valence-electron chi connectivity index (χ4n) is 2.58. The molecule has 2 aromatic carbocycles. The van der Waals surface area contributed by atoms with E-state index in [4.69, 9.17) is 11.6 Å². The highest BCUT2D eigenvalue weighted by molar-refractivity contribution is 8.00. The second-order valence-electron chi connectivity index (χ2n) is 7.72. The quantitative estimate of drug-likeness (QED) is 0.258. The Bertz CT molecular complexity index is 897. The first-order valence-corrected chi connectivity index (χ1v) is 10.6. The number of aryl methyl sites for hydroxylation is 1. The van der Waals surface area contributed by atoms with Crippen LogP contribution in [0.2, 0.25) is 5.02 Å². The third-order valence-electron chi connectivity index (χ3n) is 4.34. The van der Waals surface area contributed by atoms with Crippen LogP contribution < -0.4 is 10.6 Å². The summed E-state index contributed by atoms with van der Waals surface area (Å²) in [6, 6.07) is 10.6. The normalized spacial score (nSPS) is 11.2. The molecule has 0 aliphatic heterocycles. The maximum absolute atomic E-state index is 12.1. The van der Waals surface area contributed by atoms with Gasteiger partial charge in [0.25, 0.3) is 5.69 Å². The van der Waals surface area contributed by atoms with Gasteiger partial charge in [0.05, 0.1) is 21.4 Å². The Morgan fingerprint density at radius 1 is 1.17 bits per heavy atom. The van der Waals surface area contributed by atoms with Crippen LogP contribution in [-0.2, 0) is 10.2 Å². The van der Waals surface area contributed by atoms with Gasteiger partial charge in [-0.3, -0.25) is 14.9 Å². The zero-order valence-electron chi connectivity index (χ0n) is 17.0. The molecule has 0 saturated heterocycles. The van der Waals surface area contributed by atoms with Gasteiger partial charge >= 0.3 is 0 Å². The molecule has 0 fully saturated rings. The molecular formula is C21H26ClN3O3S. The summed E-state index contributed by atoms with van der Waals surface area (Å²) >= 11 is 7.56. The zero-order valence-corrected chi connectivity index (χ0v) is 18.6. The van der Waals surface area contributed by atoms with Crippen molar-refractivity contribution in [1.82, 2.24) is 5.32 Å². The predicted octanol–water partition coefficient (Wildman–Crippen LogP) is 5.17. The van der Waals surface area contributed by atoms with Crippen LogP contribution in [-0.4, -0.2) is 29.7 Å². The van der Waals surface area contributed by atoms with E-state index >= 15 is 0 Å². The lowest BCUT2D eigenvalue weighted by Crippen LogP contribution is -2.30. The predicted molar refractivity (Wildman–Crippen MR) is 120 cm³/mol. The van der Waals surface area contributed by atoms with Crippen molar-refractivity contribution < 1.29 is 9.72 Å². The number of nitrogens with zero attached hydrogens (tertiary/aromatic N) is 1. The summed E-state index contributed by atoms with van der Waals surface area (Å²) in [5.41, 5.74) is 3.00. The van der Waals surface area contributed by atoms with Crippen molar-refractivity contribution in [1.29, 1.82) is 0 Å². The number of hydrogen-bond donors (Lipinski definition) is 2. The second-order valence-corrected chi connectivity index (χ2v) is 9.14. The van der Waals surface area contributed by atoms with E-state index in [1.54, 1.807) is 6.07 Å². The third kappa shape index (κ3) is 6.94. The Hall–Kier alpha value is -2.25. The highest BCUT2D eigenvalue weighted by atomic mass is 35.5. The summed E-state index contributed by atoms with van der Waals surface area (Å²) in [7, 11) is 0. The van der Waals surface area contributed by atoms with Crippen molar-refractivity contribution in [2.24, 2.45) is 0 Å². The lowest BCUT2D eigenvalue weighted by atomic mass is 9.87. The number of non-ortho nitro benzene ring substituents is 1. The molecule has 2 aromatic rings. The minimum atomic E-state index is -0.494. The topological polar surface area (TPSA) is 84.3 Å². The maximum atomic E-state index is 12.1. The van der Waals surface area contributed by atoms with Gasteiger partial charge in [-0.2, -0.15) is 0 Å². The molecule has 6 nitrogen and oxygen atoms in total. The molecule has 29 heavy (non-hydrogen) atoms. The minimum absolute atomic E-state index is 0.0489. The number of carbonyl (C=O) groups is 1. The van der Waals surface area contributed by atoms with E-state index < -0.39 is 4.92 Å². The van der Waals surface area contributed by atoms with Gasteiger partial charge in [-0.05, 0) is 35.6 Å². The van der Waals surface area contributed by atoms with Crippen LogP contribution in [0.4, 0.5) is 11.4 Å². The number of benzene rings is 2. The summed E-state index contributed by atoms with van der Waals surface area (Å²) in [5, 5.41) is 16.9. The van der Waals surface area contributed by atoms with Gasteiger partial charge in [-0.1, -0.05) is 44.5 Å². The molecule has 156 valence electrons. The molecular weight excluding hydrogens is 410 g/mol. The summed E-state index contributed by atoms with van der Waals surface area (Å²) < 4.78 is 0. The van der Waals surface area contributed by atoms with E-state index in [0.29, 0.717) is 24.5 Å². The monoisotopic (exact) mass is 435 g/mol. The van der Waals surface area contributed by atoms with E-state index in [-0.39, 0.29) is 22.0 Å². The number of carbonyl (C=O) groups excluding carboxylic acids is 1. The SMILES string of the molecule is Cc1ccc(C(C)(C)C)cc1SCC(=O)NCCNc1ccc([N+](=O)[O-])cc1Cl. The summed E-state index contributed by atoms with van der Waals surface area (Å²) in [5.74, 6) is 0.291. The van der Waals surface area contributed by atoms with E-state index in [2.05, 4.69) is 49.6 Å². The van der Waals surface area contributed by atoms with Crippen molar-refractivity contribution in [2.45, 2.75) is 38.0 Å². The fourth-order valence-corrected chi connectivity index (χ4v) is 3.71. The van der Waals surface area contributed by atoms with Crippen molar-refractivity contribution >= 4 is 40.6 Å². The van der Waals surface area contributed by atoms with Crippen molar-refractivity contribution in [3.05, 3.63) is 62.7 Å². The first-order valence-electron chi connectivity index (χ1n) is 9.26. The molecule has 0 radical (unpaired) electrons. The standard InChI is InChI=1S/C21H26ClN3O3S/c1-14-5-6-15(21(2,3)4)11-19(14)29-13-20(26)24-10-9-23-18-8-7-16(25(27)28)12-17(18)22/h5-8,11-12,23H,9-10,13H2,1-4H3,(H,24,26). The molecule has 0 aliphatic rings. The van der Waals surface area contributed by atoms with Gasteiger partial charge in [0.15, 0.2) is 0 Å². The number of halogens is 1. The van der Waals surface area contributed by atoms with Crippen LogP contribution in [0.5, 0.6) is 0 Å². The minimum Gasteiger partial charge on any atom is -0.382 e. The molecule has 0 aromatic heterocycles. The molecule has 8 heteroatoms. The van der Waals surface area contributed by atoms with E-state index in [0.717, 1.165) is 10.5 Å². The third-order valence-corrected chi connectivity index (χ3v) is 5.81. The Morgan fingerprint density at radius 2 is 1.90 bits per heavy atom. The maximum Gasteiger partial charge on any atom is 0.271 e. The molecule has 2 N–H and O–H groups in total. The van der Waals surface area contributed by atoms with Gasteiger partial charge < -0.3 is 10.6 Å². The lowest BCUT2D eigenvalue weighted by Gasteiger charge is -2.20. The first-order chi connectivity index (χ1) is 13.6. The lowest BCUT2D eigenvalue weighted by molar-refractivity contribution is -0.384. The average molecular weight is 436 g/mol. The van der Waals surface area contributed by atoms with Gasteiger partial charge in [0, 0.05) is 30.1 Å². The van der Waals surface area contributed by atoms with Gasteiger partial charge in [-0.15, -0.1) is 11.8 Å². The number of nitrogens with one attached hydrogen (secondary N) is 2. The average Bonchev–Trinajstić information content (AvgIpc) is 2.64. The highest BCUT2D eigenvalue weighted by Crippen LogP contribution is 2.29. The molecule has 0 aliphatic carbocycles. The smallest absolute Gasteiger partial charge is 0.271 e. The molecule has 0 heterocycles. The van der Waals surface area contributed by atoms with Crippen LogP contribution >= 0.6 is 23.4 Å². The number of hydrogen-bond acceptors (Lipinski definition) is 5. The summed E-state index contributed by atoms with van der Waals surface area (Å²) in [6.07, 6.45) is 0. The summed E-state index contributed by atoms with van der Waals surface area (Å²) in [6.45, 7) is 9.44. The zero-order chi connectivity index (χ0) is 21.6. The number of nitro benzene ring substituents is 1. The molecule has 0 saturated carbocycles. The Balaban J connectivity index is 1.79. The van der Waals surface area contributed by atoms with Crippen LogP contribution in [0.15, 0.2) is 41.3 Å². The summed E-state index contributed by atoms with van der Waals surface area (Å²) in [4.78, 5) is 23.5. The Labute approximate surface area is 180 Å². The Morgan fingerprint density at radius 3 is 2.52 bits per heavy atom. The first kappa shape index (κ1) is 23.0. The fraction of sp³-hybridized carbons (Fsp3) is 0.381. The number of amides is 1. The van der Waals surface area contributed by atoms with Gasteiger partial charge in [0.1, 0.15) is 0 Å². The second kappa shape index (κ2) is 9.98. The van der Waals surface area contributed by atoms with Crippen LogP contribution in [0.3, 0.4) is 0 Å². The van der Waals surface area contributed by atoms with E-state index in [9.17, 15) is 14.9 Å². The van der Waals surface area contributed by atoms with Crippen LogP contribution in [0.1, 0.15) is 31.9 Å². The molecule has 0 spiro atoms. The molecule has 0 bridgehead atoms. The number of nitro groups is 1. The number of anilines is 1. The van der Waals surface area contributed by atoms with Crippen molar-refractivity contribution in [3.8, 4) is 0 Å². The molecule has 2 rings (SSSR count). The number of thioether (sulfide) groups is 1. The van der Waals surface area contributed by atoms with Crippen molar-refractivity contribution in [3.63, 3.8) is 0 Å². The molecule has 0 atom stereocenters. The highest BCUT2D eigenvalue weighted by Gasteiger charge is 2.15. The van der Waals surface area contributed by atoms with Crippen molar-refractivity contribution in [2.75, 3.05) is 24.2 Å². The molecule has 1 amide bonds. The van der Waals surface area contributed by atoms with E-state index in [1.807, 2.05) is 6.92 Å². The largest absolute Gasteiger partial charge is 0.382 e. The van der Waals surface area contributed by atoms with E-state index in [1.165, 1.54) is 29.5 Å². The number of rotatable bonds is 8. The van der Waals surface area contributed by atoms with Crippen LogP contribution in [0.25, 0.3) is 0 Å². The van der Waals surface area contributed by atoms with Gasteiger partial charge in [0.2, 0.25) is 5.91 Å². The van der Waals surface area contributed by atoms with Gasteiger partial charge in [-0.25, -0.2) is 0 Å². The Kier molecular flexibility index (Phi) is 7.93. The molecule has 0 unspecified atom stereocenters. The van der Waals surface area contributed by atoms with Crippen LogP contribution in [0, 0.1) is 17.0 Å².